The minimum atomic E-state index is -0.547. The van der Waals surface area contributed by atoms with Crippen molar-refractivity contribution < 1.29 is 18.7 Å². The highest BCUT2D eigenvalue weighted by Crippen LogP contribution is 2.37. The van der Waals surface area contributed by atoms with Crippen molar-refractivity contribution in [2.75, 3.05) is 39.1 Å². The summed E-state index contributed by atoms with van der Waals surface area (Å²) in [6, 6.07) is 8.80. The van der Waals surface area contributed by atoms with Crippen molar-refractivity contribution in [3.05, 3.63) is 47.5 Å². The lowest BCUT2D eigenvalue weighted by Crippen LogP contribution is -2.53. The Bertz CT molecular complexity index is 1270. The highest BCUT2D eigenvalue weighted by atomic mass is 35.5. The van der Waals surface area contributed by atoms with Gasteiger partial charge >= 0.3 is 0 Å². The van der Waals surface area contributed by atoms with Crippen molar-refractivity contribution in [3.63, 3.8) is 0 Å². The zero-order valence-corrected chi connectivity index (χ0v) is 21.1. The monoisotopic (exact) mass is 513 g/mol. The Balaban J connectivity index is 1.33. The number of nitrogens with one attached hydrogen (secondary N) is 1. The molecule has 1 saturated heterocycles. The van der Waals surface area contributed by atoms with Gasteiger partial charge in [-0.3, -0.25) is 9.69 Å². The molecule has 5 rings (SSSR count). The second kappa shape index (κ2) is 10.4. The van der Waals surface area contributed by atoms with E-state index >= 15 is 0 Å². The molecular formula is C26H29ClFN5O3. The number of piperazine rings is 1. The molecule has 1 amide bonds. The summed E-state index contributed by atoms with van der Waals surface area (Å²) in [5, 5.41) is 3.74. The topological polar surface area (TPSA) is 79.8 Å². The number of benzene rings is 2. The van der Waals surface area contributed by atoms with Gasteiger partial charge in [-0.05, 0) is 43.9 Å². The van der Waals surface area contributed by atoms with Gasteiger partial charge < -0.3 is 19.7 Å². The van der Waals surface area contributed by atoms with E-state index in [9.17, 15) is 9.18 Å². The number of hydrogen-bond donors (Lipinski definition) is 1. The lowest BCUT2D eigenvalue weighted by molar-refractivity contribution is -0.135. The molecule has 0 bridgehead atoms. The molecule has 2 heterocycles. The van der Waals surface area contributed by atoms with Gasteiger partial charge in [0.25, 0.3) is 0 Å². The first-order chi connectivity index (χ1) is 17.4. The van der Waals surface area contributed by atoms with Gasteiger partial charge in [0.1, 0.15) is 12.1 Å². The first-order valence-corrected chi connectivity index (χ1v) is 12.5. The standard InChI is InChI=1S/C26H29ClFN5O3/c1-32-10-11-33(14-24(32)34)16-6-8-17(9-7-16)36-23-12-18-21(13-22(23)35-2)29-15-30-26(18)31-20-5-3-4-19(27)25(20)28/h3-5,12-13,15-17H,6-11,14H2,1-2H3,(H,29,30,31)/t16-,17+. The number of halogens is 2. The van der Waals surface area contributed by atoms with Gasteiger partial charge in [-0.25, -0.2) is 14.4 Å². The van der Waals surface area contributed by atoms with Crippen LogP contribution in [0.2, 0.25) is 5.02 Å². The van der Waals surface area contributed by atoms with Crippen LogP contribution in [0.1, 0.15) is 25.7 Å². The number of hydrogen-bond acceptors (Lipinski definition) is 7. The van der Waals surface area contributed by atoms with Crippen LogP contribution in [0.25, 0.3) is 10.9 Å². The number of carbonyl (C=O) groups excluding carboxylic acids is 1. The first-order valence-electron chi connectivity index (χ1n) is 12.1. The SMILES string of the molecule is COc1cc2ncnc(Nc3cccc(Cl)c3F)c2cc1O[C@H]1CC[C@@H](N2CCN(C)C(=O)C2)CC1. The number of nitrogens with zero attached hydrogens (tertiary/aromatic N) is 4. The van der Waals surface area contributed by atoms with E-state index < -0.39 is 5.82 Å². The van der Waals surface area contributed by atoms with E-state index in [4.69, 9.17) is 21.1 Å². The third kappa shape index (κ3) is 5.03. The van der Waals surface area contributed by atoms with Gasteiger partial charge in [-0.15, -0.1) is 0 Å². The number of rotatable bonds is 6. The predicted octanol–water partition coefficient (Wildman–Crippen LogP) is 4.64. The molecule has 1 N–H and O–H groups in total. The zero-order chi connectivity index (χ0) is 25.2. The Morgan fingerprint density at radius 2 is 1.92 bits per heavy atom. The minimum Gasteiger partial charge on any atom is -0.493 e. The molecule has 10 heteroatoms. The Hall–Kier alpha value is -3.17. The average Bonchev–Trinajstić information content (AvgIpc) is 2.89. The van der Waals surface area contributed by atoms with Gasteiger partial charge in [0.2, 0.25) is 5.91 Å². The van der Waals surface area contributed by atoms with Crippen LogP contribution in [0.5, 0.6) is 11.5 Å². The molecule has 3 aromatic rings. The van der Waals surface area contributed by atoms with E-state index in [1.165, 1.54) is 12.4 Å². The second-order valence-corrected chi connectivity index (χ2v) is 9.71. The van der Waals surface area contributed by atoms with E-state index in [2.05, 4.69) is 20.2 Å². The minimum absolute atomic E-state index is 0.0283. The van der Waals surface area contributed by atoms with Crippen molar-refractivity contribution in [2.24, 2.45) is 0 Å². The lowest BCUT2D eigenvalue weighted by atomic mass is 9.91. The summed E-state index contributed by atoms with van der Waals surface area (Å²) in [5.41, 5.74) is 0.865. The highest BCUT2D eigenvalue weighted by Gasteiger charge is 2.31. The fraction of sp³-hybridized carbons (Fsp3) is 0.423. The molecule has 190 valence electrons. The van der Waals surface area contributed by atoms with Crippen LogP contribution < -0.4 is 14.8 Å². The van der Waals surface area contributed by atoms with Crippen LogP contribution >= 0.6 is 11.6 Å². The van der Waals surface area contributed by atoms with Crippen LogP contribution in [-0.4, -0.2) is 71.6 Å². The van der Waals surface area contributed by atoms with E-state index in [0.29, 0.717) is 40.8 Å². The molecule has 1 saturated carbocycles. The Morgan fingerprint density at radius 3 is 2.67 bits per heavy atom. The summed E-state index contributed by atoms with van der Waals surface area (Å²) in [7, 11) is 3.45. The van der Waals surface area contributed by atoms with E-state index in [1.54, 1.807) is 30.2 Å². The van der Waals surface area contributed by atoms with Crippen LogP contribution in [0.4, 0.5) is 15.9 Å². The summed E-state index contributed by atoms with van der Waals surface area (Å²) in [6.07, 6.45) is 5.16. The predicted molar refractivity (Wildman–Crippen MR) is 137 cm³/mol. The fourth-order valence-corrected chi connectivity index (χ4v) is 5.11. The summed E-state index contributed by atoms with van der Waals surface area (Å²) in [4.78, 5) is 24.9. The van der Waals surface area contributed by atoms with E-state index in [1.807, 2.05) is 13.1 Å². The van der Waals surface area contributed by atoms with Crippen molar-refractivity contribution in [1.29, 1.82) is 0 Å². The molecule has 0 radical (unpaired) electrons. The molecule has 2 aliphatic rings. The maximum atomic E-state index is 14.5. The number of anilines is 2. The van der Waals surface area contributed by atoms with Crippen molar-refractivity contribution in [3.8, 4) is 11.5 Å². The molecule has 1 aliphatic heterocycles. The van der Waals surface area contributed by atoms with Gasteiger partial charge in [-0.1, -0.05) is 17.7 Å². The van der Waals surface area contributed by atoms with Crippen LogP contribution in [0.3, 0.4) is 0 Å². The smallest absolute Gasteiger partial charge is 0.236 e. The molecule has 2 fully saturated rings. The number of carbonyl (C=O) groups is 1. The maximum absolute atomic E-state index is 14.5. The van der Waals surface area contributed by atoms with Gasteiger partial charge in [0.15, 0.2) is 17.3 Å². The number of amides is 1. The molecule has 0 spiro atoms. The van der Waals surface area contributed by atoms with Gasteiger partial charge in [0, 0.05) is 37.6 Å². The number of aromatic nitrogens is 2. The van der Waals surface area contributed by atoms with Crippen molar-refractivity contribution in [2.45, 2.75) is 37.8 Å². The van der Waals surface area contributed by atoms with Crippen molar-refractivity contribution >= 4 is 39.9 Å². The fourth-order valence-electron chi connectivity index (χ4n) is 4.94. The molecule has 8 nitrogen and oxygen atoms in total. The summed E-state index contributed by atoms with van der Waals surface area (Å²) >= 11 is 5.94. The molecule has 1 aromatic heterocycles. The van der Waals surface area contributed by atoms with Gasteiger partial charge in [0.05, 0.1) is 36.0 Å². The third-order valence-corrected chi connectivity index (χ3v) is 7.36. The van der Waals surface area contributed by atoms with E-state index in [0.717, 1.165) is 38.8 Å². The van der Waals surface area contributed by atoms with E-state index in [-0.39, 0.29) is 22.7 Å². The number of likely N-dealkylation sites (N-methyl/N-ethyl adjacent to an activating group) is 1. The summed E-state index contributed by atoms with van der Waals surface area (Å²) < 4.78 is 26.5. The second-order valence-electron chi connectivity index (χ2n) is 9.30. The average molecular weight is 514 g/mol. The highest BCUT2D eigenvalue weighted by molar-refractivity contribution is 6.31. The lowest BCUT2D eigenvalue weighted by Gasteiger charge is -2.40. The number of ether oxygens (including phenoxy) is 2. The Morgan fingerprint density at radius 1 is 1.11 bits per heavy atom. The summed E-state index contributed by atoms with van der Waals surface area (Å²) in [6.45, 7) is 2.19. The van der Waals surface area contributed by atoms with Gasteiger partial charge in [-0.2, -0.15) is 0 Å². The largest absolute Gasteiger partial charge is 0.493 e. The molecule has 0 unspecified atom stereocenters. The zero-order valence-electron chi connectivity index (χ0n) is 20.3. The number of fused-ring (bicyclic) bond motifs is 1. The molecule has 0 atom stereocenters. The van der Waals surface area contributed by atoms with Crippen LogP contribution in [-0.2, 0) is 4.79 Å². The third-order valence-electron chi connectivity index (χ3n) is 7.07. The molecular weight excluding hydrogens is 485 g/mol. The van der Waals surface area contributed by atoms with Crippen LogP contribution in [0.15, 0.2) is 36.7 Å². The first kappa shape index (κ1) is 24.5. The van der Waals surface area contributed by atoms with Crippen molar-refractivity contribution in [1.82, 2.24) is 19.8 Å². The maximum Gasteiger partial charge on any atom is 0.236 e. The Labute approximate surface area is 214 Å². The number of methoxy groups -OCH3 is 1. The summed E-state index contributed by atoms with van der Waals surface area (Å²) in [5.74, 6) is 1.25. The quantitative estimate of drug-likeness (QED) is 0.514. The normalized spacial score (nSPS) is 21.0. The molecule has 1 aliphatic carbocycles. The molecule has 36 heavy (non-hydrogen) atoms. The molecule has 2 aromatic carbocycles. The Kier molecular flexibility index (Phi) is 7.11. The van der Waals surface area contributed by atoms with Crippen LogP contribution in [0, 0.1) is 5.82 Å².